The zero-order valence-corrected chi connectivity index (χ0v) is 34.6. The van der Waals surface area contributed by atoms with Gasteiger partial charge in [-0.1, -0.05) is 207 Å². The van der Waals surface area contributed by atoms with E-state index in [1.165, 1.54) is 0 Å². The SMILES string of the molecule is C=CC(=O)OC(C(=O)c1ccccc1)c1ccccc1.C=CCOC(OCC=C)C(=O)c1ccccc1.C=Cc1ccc(C(=O)P(=O)(c2ccccc2)c2ccccc2)cc1. The van der Waals surface area contributed by atoms with Crippen LogP contribution in [0.1, 0.15) is 48.3 Å². The Bertz CT molecular complexity index is 2340. The van der Waals surface area contributed by atoms with Gasteiger partial charge < -0.3 is 18.8 Å². The zero-order valence-electron chi connectivity index (χ0n) is 33.7. The molecule has 0 spiro atoms. The molecule has 308 valence electrons. The lowest BCUT2D eigenvalue weighted by Gasteiger charge is -2.18. The van der Waals surface area contributed by atoms with Crippen LogP contribution in [0.15, 0.2) is 220 Å². The second kappa shape index (κ2) is 24.7. The van der Waals surface area contributed by atoms with Crippen molar-refractivity contribution in [2.45, 2.75) is 12.4 Å². The van der Waals surface area contributed by atoms with Crippen LogP contribution < -0.4 is 10.6 Å². The fourth-order valence-corrected chi connectivity index (χ4v) is 8.13. The molecule has 6 aromatic rings. The number of benzene rings is 6. The van der Waals surface area contributed by atoms with E-state index >= 15 is 0 Å². The molecule has 61 heavy (non-hydrogen) atoms. The Labute approximate surface area is 357 Å². The summed E-state index contributed by atoms with van der Waals surface area (Å²) in [7, 11) is -3.43. The lowest BCUT2D eigenvalue weighted by atomic mass is 10.00. The molecule has 0 N–H and O–H groups in total. The molecule has 0 radical (unpaired) electrons. The monoisotopic (exact) mass is 830 g/mol. The molecule has 0 aliphatic rings. The number of esters is 1. The van der Waals surface area contributed by atoms with Crippen molar-refractivity contribution in [2.75, 3.05) is 13.2 Å². The maximum Gasteiger partial charge on any atom is 0.331 e. The van der Waals surface area contributed by atoms with Crippen LogP contribution in [0.25, 0.3) is 6.08 Å². The van der Waals surface area contributed by atoms with Crippen molar-refractivity contribution in [3.8, 4) is 0 Å². The smallest absolute Gasteiger partial charge is 0.331 e. The molecular weight excluding hydrogens is 784 g/mol. The third-order valence-electron chi connectivity index (χ3n) is 8.72. The van der Waals surface area contributed by atoms with Crippen LogP contribution in [0, 0.1) is 0 Å². The summed E-state index contributed by atoms with van der Waals surface area (Å²) in [5, 5.41) is 1.10. The van der Waals surface area contributed by atoms with E-state index in [4.69, 9.17) is 14.2 Å². The van der Waals surface area contributed by atoms with Gasteiger partial charge in [-0.25, -0.2) is 4.79 Å². The molecule has 0 saturated carbocycles. The molecule has 6 aromatic carbocycles. The summed E-state index contributed by atoms with van der Waals surface area (Å²) in [6, 6.07) is 51.5. The summed E-state index contributed by atoms with van der Waals surface area (Å²) in [5.41, 5.74) is 2.70. The van der Waals surface area contributed by atoms with Gasteiger partial charge in [0, 0.05) is 38.9 Å². The van der Waals surface area contributed by atoms with Gasteiger partial charge in [0.05, 0.1) is 13.2 Å². The van der Waals surface area contributed by atoms with Crippen LogP contribution in [0.2, 0.25) is 0 Å². The summed E-state index contributed by atoms with van der Waals surface area (Å²) in [6.45, 7) is 14.7. The summed E-state index contributed by atoms with van der Waals surface area (Å²) in [6.07, 6.45) is 4.04. The van der Waals surface area contributed by atoms with Gasteiger partial charge in [0.25, 0.3) is 0 Å². The molecule has 0 aliphatic heterocycles. The van der Waals surface area contributed by atoms with Crippen molar-refractivity contribution in [1.29, 1.82) is 0 Å². The molecule has 1 atom stereocenters. The topological polar surface area (TPSA) is 113 Å². The van der Waals surface area contributed by atoms with E-state index in [0.717, 1.165) is 11.6 Å². The molecule has 1 unspecified atom stereocenters. The van der Waals surface area contributed by atoms with Crippen LogP contribution in [-0.4, -0.2) is 42.6 Å². The molecule has 8 nitrogen and oxygen atoms in total. The van der Waals surface area contributed by atoms with Crippen molar-refractivity contribution in [3.05, 3.63) is 248 Å². The molecule has 0 aliphatic carbocycles. The van der Waals surface area contributed by atoms with Gasteiger partial charge in [-0.3, -0.25) is 14.4 Å². The number of hydrogen-bond acceptors (Lipinski definition) is 8. The average Bonchev–Trinajstić information content (AvgIpc) is 3.34. The number of ketones is 2. The Balaban J connectivity index is 0.000000205. The largest absolute Gasteiger partial charge is 0.446 e. The number of Topliss-reactive ketones (excluding diaryl/α,β-unsaturated/α-hetero) is 2. The quantitative estimate of drug-likeness (QED) is 0.0210. The maximum absolute atomic E-state index is 13.9. The number of ether oxygens (including phenoxy) is 3. The Morgan fingerprint density at radius 1 is 0.508 bits per heavy atom. The first kappa shape index (κ1) is 46.6. The third kappa shape index (κ3) is 13.5. The fourth-order valence-electron chi connectivity index (χ4n) is 5.67. The Morgan fingerprint density at radius 2 is 0.918 bits per heavy atom. The highest BCUT2D eigenvalue weighted by Gasteiger charge is 2.36. The van der Waals surface area contributed by atoms with E-state index in [9.17, 15) is 23.7 Å². The number of carbonyl (C=O) groups is 4. The van der Waals surface area contributed by atoms with E-state index in [2.05, 4.69) is 26.3 Å². The highest BCUT2D eigenvalue weighted by atomic mass is 31.2. The van der Waals surface area contributed by atoms with Gasteiger partial charge >= 0.3 is 5.97 Å². The Kier molecular flexibility index (Phi) is 18.9. The highest BCUT2D eigenvalue weighted by molar-refractivity contribution is 7.93. The highest BCUT2D eigenvalue weighted by Crippen LogP contribution is 2.46. The Hall–Kier alpha value is -7.09. The lowest BCUT2D eigenvalue weighted by Crippen LogP contribution is -2.28. The van der Waals surface area contributed by atoms with Crippen LogP contribution in [0.5, 0.6) is 0 Å². The van der Waals surface area contributed by atoms with Gasteiger partial charge in [-0.2, -0.15) is 0 Å². The zero-order chi connectivity index (χ0) is 43.9. The minimum atomic E-state index is -3.43. The van der Waals surface area contributed by atoms with Crippen molar-refractivity contribution >= 4 is 46.9 Å². The Morgan fingerprint density at radius 3 is 1.33 bits per heavy atom. The normalized spacial score (nSPS) is 10.9. The first-order valence-electron chi connectivity index (χ1n) is 19.2. The van der Waals surface area contributed by atoms with Crippen LogP contribution in [-0.2, 0) is 23.6 Å². The van der Waals surface area contributed by atoms with Crippen LogP contribution >= 0.6 is 7.14 Å². The predicted molar refractivity (Wildman–Crippen MR) is 244 cm³/mol. The first-order chi connectivity index (χ1) is 29.7. The van der Waals surface area contributed by atoms with E-state index < -0.39 is 25.5 Å². The van der Waals surface area contributed by atoms with Crippen LogP contribution in [0.4, 0.5) is 0 Å². The van der Waals surface area contributed by atoms with Crippen molar-refractivity contribution in [3.63, 3.8) is 0 Å². The van der Waals surface area contributed by atoms with E-state index in [-0.39, 0.29) is 30.3 Å². The number of carbonyl (C=O) groups excluding carboxylic acids is 4. The molecule has 0 heterocycles. The molecule has 9 heteroatoms. The first-order valence-corrected chi connectivity index (χ1v) is 20.9. The second-order valence-corrected chi connectivity index (χ2v) is 15.5. The van der Waals surface area contributed by atoms with Gasteiger partial charge in [0.1, 0.15) is 0 Å². The molecule has 0 saturated heterocycles. The average molecular weight is 831 g/mol. The summed E-state index contributed by atoms with van der Waals surface area (Å²) in [4.78, 5) is 49.1. The minimum absolute atomic E-state index is 0.200. The van der Waals surface area contributed by atoms with Gasteiger partial charge in [0.2, 0.25) is 30.5 Å². The molecule has 0 aromatic heterocycles. The molecule has 6 rings (SSSR count). The predicted octanol–water partition coefficient (Wildman–Crippen LogP) is 10.4. The van der Waals surface area contributed by atoms with Gasteiger partial charge in [-0.15, -0.1) is 13.2 Å². The summed E-state index contributed by atoms with van der Waals surface area (Å²) in [5.74, 6) is -1.08. The maximum atomic E-state index is 13.9. The minimum Gasteiger partial charge on any atom is -0.446 e. The molecule has 0 bridgehead atoms. The second-order valence-electron chi connectivity index (χ2n) is 12.9. The van der Waals surface area contributed by atoms with Crippen molar-refractivity contribution in [1.82, 2.24) is 0 Å². The summed E-state index contributed by atoms with van der Waals surface area (Å²) >= 11 is 0. The van der Waals surface area contributed by atoms with Crippen LogP contribution in [0.3, 0.4) is 0 Å². The number of rotatable bonds is 18. The van der Waals surface area contributed by atoms with E-state index in [1.54, 1.807) is 164 Å². The van der Waals surface area contributed by atoms with Crippen molar-refractivity contribution < 1.29 is 38.0 Å². The van der Waals surface area contributed by atoms with Crippen molar-refractivity contribution in [2.24, 2.45) is 0 Å². The van der Waals surface area contributed by atoms with E-state index in [1.807, 2.05) is 30.3 Å². The lowest BCUT2D eigenvalue weighted by molar-refractivity contribution is -0.141. The third-order valence-corrected chi connectivity index (χ3v) is 11.6. The molecule has 0 amide bonds. The standard InChI is InChI=1S/C21H17O2P.C17H14O3.C14H16O3/c1-2-17-13-15-18(16-14-17)21(22)24(23,19-9-5-3-6-10-19)20-11-7-4-8-12-20;1-2-15(18)20-17(14-11-7-4-8-12-14)16(19)13-9-5-3-6-10-13;1-3-10-16-14(17-11-4-2)13(15)12-8-6-5-7-9-12/h2-16H,1H2;2-12,17H,1H2;3-9,14H,1-2,10-11H2. The fraction of sp³-hybridized carbons (Fsp3) is 0.0769. The van der Waals surface area contributed by atoms with E-state index in [0.29, 0.717) is 32.9 Å². The molecule has 0 fully saturated rings. The number of hydrogen-bond donors (Lipinski definition) is 0. The summed E-state index contributed by atoms with van der Waals surface area (Å²) < 4.78 is 29.6. The van der Waals surface area contributed by atoms with Gasteiger partial charge in [0.15, 0.2) is 6.10 Å². The van der Waals surface area contributed by atoms with Gasteiger partial charge in [-0.05, 0) is 5.56 Å². The molecular formula is C52H47O8P.